The summed E-state index contributed by atoms with van der Waals surface area (Å²) in [5.41, 5.74) is 38.9. The van der Waals surface area contributed by atoms with Gasteiger partial charge in [0.15, 0.2) is 0 Å². The SMILES string of the molecule is CSN1c2cc3c(cc2B2c4cc5c(cc4N(SC)c4cc(-c6cccc7c6oc6ccccc67)cc1c42)N(SC)c1cc(-c2cccc4c2oc2ccccc24)cc2c1B5c1ccccc1N2c1ccccc1)B1c2ccccc2N(c2ccccc2)c2cc(-c4cccc5c4oc4ccccc45)cc(c21)N3. The van der Waals surface area contributed by atoms with Gasteiger partial charge < -0.3 is 28.4 Å². The molecule has 6 aliphatic rings. The lowest BCUT2D eigenvalue weighted by atomic mass is 9.29. The third kappa shape index (κ3) is 8.35. The second-order valence-corrected chi connectivity index (χ2v) is 31.1. The zero-order chi connectivity index (χ0) is 70.9. The number of rotatable bonds is 8. The Hall–Kier alpha value is -12.3. The topological polar surface area (TPSA) is 67.7 Å². The molecule has 506 valence electrons. The predicted molar refractivity (Wildman–Crippen MR) is 464 cm³/mol. The molecule has 0 atom stereocenters. The fourth-order valence-electron chi connectivity index (χ4n) is 19.3. The summed E-state index contributed by atoms with van der Waals surface area (Å²) in [6.07, 6.45) is 6.73. The van der Waals surface area contributed by atoms with Gasteiger partial charge in [0.2, 0.25) is 0 Å². The van der Waals surface area contributed by atoms with E-state index in [4.69, 9.17) is 13.3 Å². The number of anilines is 14. The van der Waals surface area contributed by atoms with E-state index in [1.807, 2.05) is 0 Å². The Morgan fingerprint density at radius 1 is 0.259 bits per heavy atom. The van der Waals surface area contributed by atoms with Gasteiger partial charge in [0.25, 0.3) is 20.1 Å². The average Bonchev–Trinajstić information content (AvgIpc) is 0.784. The molecule has 3 aromatic heterocycles. The fraction of sp³-hybridized carbons (Fsp3) is 0.0323. The molecule has 18 aromatic rings. The molecule has 9 heterocycles. The Balaban J connectivity index is 0.765. The van der Waals surface area contributed by atoms with E-state index in [9.17, 15) is 0 Å². The maximum absolute atomic E-state index is 6.97. The van der Waals surface area contributed by atoms with Crippen molar-refractivity contribution in [2.75, 3.05) is 46.8 Å². The van der Waals surface area contributed by atoms with Gasteiger partial charge in [0.05, 0.1) is 17.1 Å². The Kier molecular flexibility index (Phi) is 12.9. The molecule has 0 saturated heterocycles. The first kappa shape index (κ1) is 61.0. The normalized spacial score (nSPS) is 13.9. The summed E-state index contributed by atoms with van der Waals surface area (Å²) in [5.74, 6) is 0. The van der Waals surface area contributed by atoms with Crippen molar-refractivity contribution in [3.63, 3.8) is 0 Å². The molecule has 0 unspecified atom stereocenters. The van der Waals surface area contributed by atoms with Crippen LogP contribution in [0.25, 0.3) is 99.2 Å². The molecule has 0 aliphatic carbocycles. The van der Waals surface area contributed by atoms with E-state index in [0.29, 0.717) is 0 Å². The molecule has 108 heavy (non-hydrogen) atoms. The largest absolute Gasteiger partial charge is 0.455 e. The molecule has 0 radical (unpaired) electrons. The number of para-hydroxylation sites is 10. The van der Waals surface area contributed by atoms with Gasteiger partial charge in [0.1, 0.15) is 33.5 Å². The summed E-state index contributed by atoms with van der Waals surface area (Å²) in [5, 5.41) is 10.9. The number of furan rings is 3. The second-order valence-electron chi connectivity index (χ2n) is 28.9. The Morgan fingerprint density at radius 2 is 0.611 bits per heavy atom. The molecule has 0 spiro atoms. The summed E-state index contributed by atoms with van der Waals surface area (Å²) in [7, 11) is 0. The minimum absolute atomic E-state index is 0.145. The lowest BCUT2D eigenvalue weighted by Gasteiger charge is -2.47. The quantitative estimate of drug-likeness (QED) is 0.116. The van der Waals surface area contributed by atoms with Crippen molar-refractivity contribution in [1.29, 1.82) is 0 Å². The van der Waals surface area contributed by atoms with Gasteiger partial charge in [-0.15, -0.1) is 0 Å². The molecule has 6 aliphatic heterocycles. The molecular weight excluding hydrogens is 1380 g/mol. The van der Waals surface area contributed by atoms with Gasteiger partial charge >= 0.3 is 0 Å². The van der Waals surface area contributed by atoms with Crippen LogP contribution in [0.3, 0.4) is 0 Å². The lowest BCUT2D eigenvalue weighted by molar-refractivity contribution is 0.669. The van der Waals surface area contributed by atoms with Crippen LogP contribution in [0.5, 0.6) is 0 Å². The van der Waals surface area contributed by atoms with E-state index >= 15 is 0 Å². The predicted octanol–water partition coefficient (Wildman–Crippen LogP) is 19.7. The number of hydrogen-bond donors (Lipinski definition) is 1. The molecule has 0 bridgehead atoms. The van der Waals surface area contributed by atoms with Crippen LogP contribution >= 0.6 is 35.8 Å². The molecule has 24 rings (SSSR count). The molecule has 0 fully saturated rings. The molecule has 15 heteroatoms. The van der Waals surface area contributed by atoms with E-state index in [1.54, 1.807) is 35.8 Å². The van der Waals surface area contributed by atoms with Crippen LogP contribution in [-0.2, 0) is 0 Å². The number of nitrogens with one attached hydrogen (secondary N) is 1. The van der Waals surface area contributed by atoms with Crippen molar-refractivity contribution in [2.24, 2.45) is 0 Å². The van der Waals surface area contributed by atoms with Crippen LogP contribution in [0.4, 0.5) is 79.6 Å². The van der Waals surface area contributed by atoms with E-state index in [0.717, 1.165) is 179 Å². The van der Waals surface area contributed by atoms with Crippen molar-refractivity contribution in [3.8, 4) is 33.4 Å². The van der Waals surface area contributed by atoms with Gasteiger partial charge in [0, 0.05) is 130 Å². The molecule has 9 nitrogen and oxygen atoms in total. The van der Waals surface area contributed by atoms with Crippen molar-refractivity contribution < 1.29 is 13.3 Å². The Labute approximate surface area is 636 Å². The fourth-order valence-corrected chi connectivity index (χ4v) is 21.5. The monoisotopic (exact) mass is 1440 g/mol. The van der Waals surface area contributed by atoms with Gasteiger partial charge in [-0.1, -0.05) is 194 Å². The summed E-state index contributed by atoms with van der Waals surface area (Å²) >= 11 is 5.31. The van der Waals surface area contributed by atoms with Crippen LogP contribution in [0.2, 0.25) is 0 Å². The third-order valence-corrected chi connectivity index (χ3v) is 26.0. The summed E-state index contributed by atoms with van der Waals surface area (Å²) in [4.78, 5) is 5.00. The van der Waals surface area contributed by atoms with Crippen molar-refractivity contribution in [2.45, 2.75) is 0 Å². The van der Waals surface area contributed by atoms with Gasteiger partial charge in [-0.05, 0) is 205 Å². The lowest BCUT2D eigenvalue weighted by Crippen LogP contribution is -2.66. The minimum atomic E-state index is -0.222. The van der Waals surface area contributed by atoms with Crippen LogP contribution in [0.1, 0.15) is 0 Å². The summed E-state index contributed by atoms with van der Waals surface area (Å²) in [6.45, 7) is -0.515. The standard InChI is InChI=1S/C93H59B3N6O3S3/c1-106-100-77-51-73-69(94-67-36-13-15-38-75(67)98(56-23-6-4-7-24-56)80-44-53(43-74(97-73)88(80)94)58-30-20-33-64-61-27-10-17-40-85(61)103-91(58)64)49-70(77)96-72-50-71-78(52-79(72)102(108-3)84-48-55(47-83(100)90(84)96)60-32-22-35-66-63-29-12-19-42-87(63)105-93(60)66)101(107-2)82-46-54(59-31-21-34-65-62-28-11-18-41-86(62)104-92(59)65)45-81-89(82)95(71)68-37-14-16-39-76(68)99(81)57-25-8-5-9-26-57/h4-52,97H,1-3H3. The Morgan fingerprint density at radius 3 is 1.07 bits per heavy atom. The second kappa shape index (κ2) is 22.9. The maximum Gasteiger partial charge on any atom is 0.252 e. The highest BCUT2D eigenvalue weighted by Crippen LogP contribution is 2.53. The van der Waals surface area contributed by atoms with Crippen LogP contribution in [0, 0.1) is 0 Å². The highest BCUT2D eigenvalue weighted by molar-refractivity contribution is 8.01. The average molecular weight is 1440 g/mol. The molecule has 1 N–H and O–H groups in total. The minimum Gasteiger partial charge on any atom is -0.455 e. The summed E-state index contributed by atoms with van der Waals surface area (Å²) < 4.78 is 28.4. The van der Waals surface area contributed by atoms with Gasteiger partial charge in [-0.25, -0.2) is 0 Å². The van der Waals surface area contributed by atoms with Crippen LogP contribution in [0.15, 0.2) is 311 Å². The van der Waals surface area contributed by atoms with E-state index in [1.165, 1.54) is 49.2 Å². The molecule has 0 saturated carbocycles. The summed E-state index contributed by atoms with van der Waals surface area (Å²) in [6, 6.07) is 110. The number of fused-ring (bicyclic) bond motifs is 21. The number of benzene rings is 15. The first-order chi connectivity index (χ1) is 53.4. The van der Waals surface area contributed by atoms with Crippen molar-refractivity contribution in [1.82, 2.24) is 0 Å². The van der Waals surface area contributed by atoms with Crippen LogP contribution < -0.4 is 77.2 Å². The zero-order valence-electron chi connectivity index (χ0n) is 58.7. The van der Waals surface area contributed by atoms with Crippen LogP contribution in [-0.4, -0.2) is 38.9 Å². The van der Waals surface area contributed by atoms with E-state index < -0.39 is 0 Å². The molecule has 0 amide bonds. The highest BCUT2D eigenvalue weighted by Gasteiger charge is 2.50. The smallest absolute Gasteiger partial charge is 0.252 e. The Bertz CT molecular complexity index is 6980. The van der Waals surface area contributed by atoms with E-state index in [2.05, 4.69) is 344 Å². The highest BCUT2D eigenvalue weighted by atomic mass is 32.2. The van der Waals surface area contributed by atoms with Crippen molar-refractivity contribution >= 4 is 251 Å². The number of nitrogens with zero attached hydrogens (tertiary/aromatic N) is 5. The first-order valence-corrected chi connectivity index (χ1v) is 40.3. The number of hydrogen-bond acceptors (Lipinski definition) is 12. The van der Waals surface area contributed by atoms with Gasteiger partial charge in [-0.3, -0.25) is 12.9 Å². The zero-order valence-corrected chi connectivity index (χ0v) is 61.2. The van der Waals surface area contributed by atoms with E-state index in [-0.39, 0.29) is 20.1 Å². The third-order valence-electron chi connectivity index (χ3n) is 23.7. The first-order valence-electron chi connectivity index (χ1n) is 36.7. The van der Waals surface area contributed by atoms with Crippen molar-refractivity contribution in [3.05, 3.63) is 297 Å². The maximum atomic E-state index is 6.97. The molecule has 15 aromatic carbocycles. The van der Waals surface area contributed by atoms with Gasteiger partial charge in [-0.2, -0.15) is 0 Å². The molecular formula is C93H59B3N6O3S3.